The SMILES string of the molecule is C/C=C(\C)C(=O)O[C@H](C)[C@H]1CC[C@]2(O)[C@@H]3CC=C4C[C@@H](O)CC[C@]4(C)[C@H]3[C@H](O)[C@@H](O)[C@]12C. The summed E-state index contributed by atoms with van der Waals surface area (Å²) in [7, 11) is 0. The molecule has 0 aromatic carbocycles. The van der Waals surface area contributed by atoms with Gasteiger partial charge >= 0.3 is 5.97 Å². The summed E-state index contributed by atoms with van der Waals surface area (Å²) in [5.41, 5.74) is -0.837. The van der Waals surface area contributed by atoms with Crippen LogP contribution in [0, 0.1) is 28.6 Å². The Morgan fingerprint density at radius 3 is 2.56 bits per heavy atom. The van der Waals surface area contributed by atoms with Crippen LogP contribution in [-0.4, -0.2) is 56.4 Å². The first-order valence-electron chi connectivity index (χ1n) is 12.2. The summed E-state index contributed by atoms with van der Waals surface area (Å²) in [4.78, 5) is 12.4. The van der Waals surface area contributed by atoms with Crippen LogP contribution in [0.2, 0.25) is 0 Å². The molecular weight excluding hydrogens is 408 g/mol. The van der Waals surface area contributed by atoms with Gasteiger partial charge in [-0.25, -0.2) is 4.79 Å². The second-order valence-electron chi connectivity index (χ2n) is 11.3. The maximum atomic E-state index is 12.4. The van der Waals surface area contributed by atoms with E-state index >= 15 is 0 Å². The molecule has 4 N–H and O–H groups in total. The Morgan fingerprint density at radius 2 is 1.91 bits per heavy atom. The number of ether oxygens (including phenoxy) is 1. The molecule has 0 aliphatic heterocycles. The van der Waals surface area contributed by atoms with Gasteiger partial charge in [0.2, 0.25) is 0 Å². The molecule has 32 heavy (non-hydrogen) atoms. The number of aliphatic hydroxyl groups is 4. The van der Waals surface area contributed by atoms with Crippen LogP contribution in [-0.2, 0) is 9.53 Å². The predicted octanol–water partition coefficient (Wildman–Crippen LogP) is 2.88. The lowest BCUT2D eigenvalue weighted by atomic mass is 9.44. The van der Waals surface area contributed by atoms with Crippen LogP contribution in [0.4, 0.5) is 0 Å². The van der Waals surface area contributed by atoms with Crippen LogP contribution >= 0.6 is 0 Å². The third kappa shape index (κ3) is 3.09. The predicted molar refractivity (Wildman–Crippen MR) is 120 cm³/mol. The van der Waals surface area contributed by atoms with Crippen molar-refractivity contribution in [3.63, 3.8) is 0 Å². The summed E-state index contributed by atoms with van der Waals surface area (Å²) in [6, 6.07) is 0. The molecule has 180 valence electrons. The minimum Gasteiger partial charge on any atom is -0.459 e. The number of esters is 1. The molecule has 10 atom stereocenters. The Morgan fingerprint density at radius 1 is 1.22 bits per heavy atom. The van der Waals surface area contributed by atoms with Gasteiger partial charge in [0.15, 0.2) is 0 Å². The molecule has 0 spiro atoms. The van der Waals surface area contributed by atoms with Gasteiger partial charge < -0.3 is 25.2 Å². The van der Waals surface area contributed by atoms with E-state index < -0.39 is 29.3 Å². The third-order valence-corrected chi connectivity index (χ3v) is 10.0. The van der Waals surface area contributed by atoms with Gasteiger partial charge in [-0.05, 0) is 70.6 Å². The zero-order chi connectivity index (χ0) is 23.6. The lowest BCUT2D eigenvalue weighted by Crippen LogP contribution is -2.71. The maximum absolute atomic E-state index is 12.4. The average Bonchev–Trinajstić information content (AvgIpc) is 3.04. The van der Waals surface area contributed by atoms with E-state index in [2.05, 4.69) is 13.0 Å². The highest BCUT2D eigenvalue weighted by molar-refractivity contribution is 5.87. The van der Waals surface area contributed by atoms with Crippen molar-refractivity contribution in [3.05, 3.63) is 23.3 Å². The Kier molecular flexibility index (Phi) is 5.93. The lowest BCUT2D eigenvalue weighted by molar-refractivity contribution is -0.271. The van der Waals surface area contributed by atoms with Gasteiger partial charge in [0.05, 0.1) is 23.9 Å². The molecule has 0 heterocycles. The molecule has 0 bridgehead atoms. The van der Waals surface area contributed by atoms with Crippen molar-refractivity contribution in [2.24, 2.45) is 28.6 Å². The molecule has 6 heteroatoms. The quantitative estimate of drug-likeness (QED) is 0.300. The molecule has 0 aromatic rings. The molecule has 0 aromatic heterocycles. The molecule has 3 fully saturated rings. The number of fused-ring (bicyclic) bond motifs is 5. The number of hydrogen-bond donors (Lipinski definition) is 4. The van der Waals surface area contributed by atoms with E-state index in [4.69, 9.17) is 4.74 Å². The van der Waals surface area contributed by atoms with E-state index in [1.807, 2.05) is 13.8 Å². The summed E-state index contributed by atoms with van der Waals surface area (Å²) >= 11 is 0. The van der Waals surface area contributed by atoms with Gasteiger partial charge in [-0.2, -0.15) is 0 Å². The molecule has 3 saturated carbocycles. The summed E-state index contributed by atoms with van der Waals surface area (Å²) < 4.78 is 5.73. The van der Waals surface area contributed by atoms with Gasteiger partial charge in [0.25, 0.3) is 0 Å². The Bertz CT molecular complexity index is 834. The Hall–Kier alpha value is -1.21. The van der Waals surface area contributed by atoms with Gasteiger partial charge in [0.1, 0.15) is 6.10 Å². The van der Waals surface area contributed by atoms with Crippen molar-refractivity contribution in [3.8, 4) is 0 Å². The highest BCUT2D eigenvalue weighted by Gasteiger charge is 2.73. The highest BCUT2D eigenvalue weighted by atomic mass is 16.5. The standard InChI is InChI=1S/C26H40O6/c1-6-14(2)23(30)32-15(3)18-10-12-26(31)19-8-7-16-13-17(27)9-11-24(16,4)20(19)21(28)22(29)25(18,26)5/h6-7,15,17-22,27-29,31H,8-13H2,1-5H3/b14-6+/t15-,17+,18-,19-,20-,21+,22-,24+,25+,26+/m1/s1. The number of hydrogen-bond acceptors (Lipinski definition) is 6. The Balaban J connectivity index is 1.70. The van der Waals surface area contributed by atoms with Crippen molar-refractivity contribution < 1.29 is 30.0 Å². The molecule has 4 aliphatic carbocycles. The second-order valence-corrected chi connectivity index (χ2v) is 11.3. The van der Waals surface area contributed by atoms with E-state index in [0.717, 1.165) is 12.0 Å². The molecular formula is C26H40O6. The number of carbonyl (C=O) groups is 1. The van der Waals surface area contributed by atoms with Gasteiger partial charge in [-0.15, -0.1) is 0 Å². The van der Waals surface area contributed by atoms with E-state index in [1.165, 1.54) is 0 Å². The van der Waals surface area contributed by atoms with Crippen molar-refractivity contribution >= 4 is 5.97 Å². The first kappa shape index (κ1) is 23.9. The first-order valence-corrected chi connectivity index (χ1v) is 12.2. The lowest BCUT2D eigenvalue weighted by Gasteiger charge is -2.64. The van der Waals surface area contributed by atoms with E-state index in [9.17, 15) is 25.2 Å². The van der Waals surface area contributed by atoms with Crippen molar-refractivity contribution in [2.45, 2.75) is 103 Å². The normalized spacial score (nSPS) is 49.4. The van der Waals surface area contributed by atoms with Gasteiger partial charge in [-0.3, -0.25) is 0 Å². The zero-order valence-corrected chi connectivity index (χ0v) is 20.0. The minimum atomic E-state index is -1.17. The van der Waals surface area contributed by atoms with Crippen LogP contribution in [0.3, 0.4) is 0 Å². The van der Waals surface area contributed by atoms with Crippen LogP contribution in [0.1, 0.15) is 73.1 Å². The third-order valence-electron chi connectivity index (χ3n) is 10.0. The number of carbonyl (C=O) groups excluding carboxylic acids is 1. The van der Waals surface area contributed by atoms with E-state index in [-0.39, 0.29) is 35.2 Å². The summed E-state index contributed by atoms with van der Waals surface area (Å²) in [5, 5.41) is 45.5. The number of rotatable bonds is 3. The minimum absolute atomic E-state index is 0.194. The largest absolute Gasteiger partial charge is 0.459 e. The number of allylic oxidation sites excluding steroid dienone is 2. The molecule has 4 aliphatic rings. The Labute approximate surface area is 191 Å². The topological polar surface area (TPSA) is 107 Å². The second kappa shape index (κ2) is 7.93. The average molecular weight is 449 g/mol. The summed E-state index contributed by atoms with van der Waals surface area (Å²) in [6.45, 7) is 9.32. The van der Waals surface area contributed by atoms with Gasteiger partial charge in [-0.1, -0.05) is 31.6 Å². The summed E-state index contributed by atoms with van der Waals surface area (Å²) in [6.07, 6.45) is 4.63. The number of aliphatic hydroxyl groups excluding tert-OH is 3. The molecule has 0 amide bonds. The maximum Gasteiger partial charge on any atom is 0.333 e. The van der Waals surface area contributed by atoms with Gasteiger partial charge in [0, 0.05) is 22.8 Å². The monoisotopic (exact) mass is 448 g/mol. The van der Waals surface area contributed by atoms with E-state index in [1.54, 1.807) is 19.9 Å². The molecule has 0 radical (unpaired) electrons. The fraction of sp³-hybridized carbons (Fsp3) is 0.808. The molecule has 4 rings (SSSR count). The van der Waals surface area contributed by atoms with E-state index in [0.29, 0.717) is 37.7 Å². The van der Waals surface area contributed by atoms with Crippen LogP contribution in [0.15, 0.2) is 23.3 Å². The fourth-order valence-corrected chi connectivity index (χ4v) is 7.94. The van der Waals surface area contributed by atoms with Crippen molar-refractivity contribution in [1.82, 2.24) is 0 Å². The first-order chi connectivity index (χ1) is 14.9. The molecule has 0 unspecified atom stereocenters. The smallest absolute Gasteiger partial charge is 0.333 e. The van der Waals surface area contributed by atoms with Crippen molar-refractivity contribution in [1.29, 1.82) is 0 Å². The zero-order valence-electron chi connectivity index (χ0n) is 20.0. The van der Waals surface area contributed by atoms with Crippen LogP contribution in [0.5, 0.6) is 0 Å². The summed E-state index contributed by atoms with van der Waals surface area (Å²) in [5.74, 6) is -1.12. The molecule has 0 saturated heterocycles. The molecule has 6 nitrogen and oxygen atoms in total. The fourth-order valence-electron chi connectivity index (χ4n) is 7.94. The van der Waals surface area contributed by atoms with Crippen LogP contribution < -0.4 is 0 Å². The van der Waals surface area contributed by atoms with Crippen molar-refractivity contribution in [2.75, 3.05) is 0 Å². The van der Waals surface area contributed by atoms with Crippen LogP contribution in [0.25, 0.3) is 0 Å². The highest BCUT2D eigenvalue weighted by Crippen LogP contribution is 2.68.